The molecule has 0 N–H and O–H groups in total. The van der Waals surface area contributed by atoms with E-state index in [-0.39, 0.29) is 29.8 Å². The number of hydrogen-bond acceptors (Lipinski definition) is 3. The highest BCUT2D eigenvalue weighted by Gasteiger charge is 2.48. The number of hydrogen-bond donors (Lipinski definition) is 0. The van der Waals surface area contributed by atoms with Crippen LogP contribution < -0.4 is 0 Å². The van der Waals surface area contributed by atoms with Crippen molar-refractivity contribution in [2.45, 2.75) is 45.7 Å². The Bertz CT molecular complexity index is 386. The molecule has 3 atom stereocenters. The molecule has 2 amide bonds. The van der Waals surface area contributed by atoms with E-state index in [0.717, 1.165) is 25.1 Å². The molecule has 2 saturated heterocycles. The molecule has 0 aromatic carbocycles. The number of carbonyl (C=O) groups excluding carboxylic acids is 2. The fraction of sp³-hybridized carbons (Fsp3) is 0.867. The Morgan fingerprint density at radius 1 is 1.25 bits per heavy atom. The fourth-order valence-electron chi connectivity index (χ4n) is 3.44. The third-order valence-corrected chi connectivity index (χ3v) is 5.19. The van der Waals surface area contributed by atoms with Gasteiger partial charge in [0.1, 0.15) is 12.1 Å². The van der Waals surface area contributed by atoms with E-state index in [1.165, 1.54) is 0 Å². The number of rotatable bonds is 5. The third kappa shape index (κ3) is 2.83. The number of nitrogens with zero attached hydrogens (tertiary/aromatic N) is 2. The molecule has 2 heterocycles. The standard InChI is InChI=1S/C15H26N2O2S/c1-10(2)13-15(19)16-7-5-6-12(16)14(18)17(13)8-11(3)9-20-4/h10-13H,5-9H2,1-4H3. The Morgan fingerprint density at radius 2 is 1.95 bits per heavy atom. The van der Waals surface area contributed by atoms with Crippen LogP contribution in [0.15, 0.2) is 0 Å². The molecule has 0 spiro atoms. The minimum Gasteiger partial charge on any atom is -0.329 e. The summed E-state index contributed by atoms with van der Waals surface area (Å²) >= 11 is 1.80. The first-order chi connectivity index (χ1) is 9.47. The summed E-state index contributed by atoms with van der Waals surface area (Å²) in [6.07, 6.45) is 3.88. The zero-order valence-electron chi connectivity index (χ0n) is 13.0. The van der Waals surface area contributed by atoms with Crippen LogP contribution in [-0.2, 0) is 9.59 Å². The molecular formula is C15H26N2O2S. The number of fused-ring (bicyclic) bond motifs is 1. The van der Waals surface area contributed by atoms with Crippen molar-refractivity contribution in [2.24, 2.45) is 11.8 Å². The molecule has 0 aromatic rings. The Morgan fingerprint density at radius 3 is 2.55 bits per heavy atom. The van der Waals surface area contributed by atoms with Gasteiger partial charge in [0.05, 0.1) is 0 Å². The second-order valence-electron chi connectivity index (χ2n) is 6.43. The molecule has 3 unspecified atom stereocenters. The van der Waals surface area contributed by atoms with Gasteiger partial charge in [0.2, 0.25) is 11.8 Å². The molecule has 0 aliphatic carbocycles. The Labute approximate surface area is 126 Å². The summed E-state index contributed by atoms with van der Waals surface area (Å²) in [4.78, 5) is 29.1. The van der Waals surface area contributed by atoms with Crippen molar-refractivity contribution in [3.63, 3.8) is 0 Å². The van der Waals surface area contributed by atoms with Gasteiger partial charge in [-0.05, 0) is 36.7 Å². The topological polar surface area (TPSA) is 40.6 Å². The summed E-state index contributed by atoms with van der Waals surface area (Å²) in [5, 5.41) is 0. The molecule has 0 saturated carbocycles. The van der Waals surface area contributed by atoms with Crippen LogP contribution in [0.3, 0.4) is 0 Å². The second kappa shape index (κ2) is 6.37. The monoisotopic (exact) mass is 298 g/mol. The van der Waals surface area contributed by atoms with Gasteiger partial charge in [-0.2, -0.15) is 11.8 Å². The zero-order chi connectivity index (χ0) is 14.9. The van der Waals surface area contributed by atoms with Crippen molar-refractivity contribution in [3.8, 4) is 0 Å². The lowest BCUT2D eigenvalue weighted by Gasteiger charge is -2.44. The van der Waals surface area contributed by atoms with Crippen molar-refractivity contribution >= 4 is 23.6 Å². The van der Waals surface area contributed by atoms with Gasteiger partial charge in [-0.3, -0.25) is 9.59 Å². The minimum absolute atomic E-state index is 0.165. The lowest BCUT2D eigenvalue weighted by atomic mass is 9.95. The first kappa shape index (κ1) is 15.7. The van der Waals surface area contributed by atoms with Gasteiger partial charge < -0.3 is 9.80 Å². The largest absolute Gasteiger partial charge is 0.329 e. The predicted molar refractivity (Wildman–Crippen MR) is 82.6 cm³/mol. The van der Waals surface area contributed by atoms with E-state index in [0.29, 0.717) is 12.5 Å². The van der Waals surface area contributed by atoms with Crippen molar-refractivity contribution in [1.29, 1.82) is 0 Å². The third-order valence-electron chi connectivity index (χ3n) is 4.28. The van der Waals surface area contributed by atoms with E-state index >= 15 is 0 Å². The molecular weight excluding hydrogens is 272 g/mol. The SMILES string of the molecule is CSCC(C)CN1C(=O)C2CCCN2C(=O)C1C(C)C. The van der Waals surface area contributed by atoms with Crippen LogP contribution in [0.25, 0.3) is 0 Å². The Kier molecular flexibility index (Phi) is 4.99. The van der Waals surface area contributed by atoms with E-state index in [1.807, 2.05) is 23.6 Å². The van der Waals surface area contributed by atoms with Gasteiger partial charge >= 0.3 is 0 Å². The molecule has 2 aliphatic heterocycles. The van der Waals surface area contributed by atoms with Gasteiger partial charge in [0, 0.05) is 13.1 Å². The van der Waals surface area contributed by atoms with Crippen LogP contribution in [0.1, 0.15) is 33.6 Å². The highest BCUT2D eigenvalue weighted by molar-refractivity contribution is 7.98. The average Bonchev–Trinajstić information content (AvgIpc) is 2.85. The molecule has 0 bridgehead atoms. The van der Waals surface area contributed by atoms with Gasteiger partial charge in [-0.1, -0.05) is 20.8 Å². The summed E-state index contributed by atoms with van der Waals surface area (Å²) in [5.41, 5.74) is 0. The first-order valence-corrected chi connectivity index (χ1v) is 8.96. The summed E-state index contributed by atoms with van der Waals surface area (Å²) in [6, 6.07) is -0.444. The van der Waals surface area contributed by atoms with E-state index in [2.05, 4.69) is 13.2 Å². The fourth-order valence-corrected chi connectivity index (χ4v) is 4.11. The lowest BCUT2D eigenvalue weighted by Crippen LogP contribution is -2.64. The molecule has 2 aliphatic rings. The number of piperazine rings is 1. The van der Waals surface area contributed by atoms with Crippen molar-refractivity contribution in [3.05, 3.63) is 0 Å². The number of amides is 2. The van der Waals surface area contributed by atoms with Crippen LogP contribution in [-0.4, -0.2) is 58.8 Å². The summed E-state index contributed by atoms with van der Waals surface area (Å²) in [5.74, 6) is 1.97. The zero-order valence-corrected chi connectivity index (χ0v) is 13.8. The maximum Gasteiger partial charge on any atom is 0.246 e. The lowest BCUT2D eigenvalue weighted by molar-refractivity contribution is -0.162. The van der Waals surface area contributed by atoms with Crippen LogP contribution in [0.2, 0.25) is 0 Å². The van der Waals surface area contributed by atoms with E-state index < -0.39 is 0 Å². The molecule has 4 nitrogen and oxygen atoms in total. The second-order valence-corrected chi connectivity index (χ2v) is 7.34. The quantitative estimate of drug-likeness (QED) is 0.777. The highest BCUT2D eigenvalue weighted by atomic mass is 32.2. The molecule has 0 radical (unpaired) electrons. The highest BCUT2D eigenvalue weighted by Crippen LogP contribution is 2.30. The molecule has 20 heavy (non-hydrogen) atoms. The van der Waals surface area contributed by atoms with Crippen LogP contribution in [0, 0.1) is 11.8 Å². The Hall–Kier alpha value is -0.710. The molecule has 114 valence electrons. The van der Waals surface area contributed by atoms with Crippen LogP contribution in [0.5, 0.6) is 0 Å². The maximum absolute atomic E-state index is 12.7. The van der Waals surface area contributed by atoms with Crippen molar-refractivity contribution in [1.82, 2.24) is 9.80 Å². The van der Waals surface area contributed by atoms with Crippen molar-refractivity contribution < 1.29 is 9.59 Å². The van der Waals surface area contributed by atoms with Gasteiger partial charge in [0.25, 0.3) is 0 Å². The van der Waals surface area contributed by atoms with E-state index in [4.69, 9.17) is 0 Å². The molecule has 0 aromatic heterocycles. The number of thioether (sulfide) groups is 1. The molecule has 2 rings (SSSR count). The average molecular weight is 298 g/mol. The summed E-state index contributed by atoms with van der Waals surface area (Å²) in [6.45, 7) is 7.70. The smallest absolute Gasteiger partial charge is 0.246 e. The summed E-state index contributed by atoms with van der Waals surface area (Å²) < 4.78 is 0. The van der Waals surface area contributed by atoms with Crippen molar-refractivity contribution in [2.75, 3.05) is 25.1 Å². The Balaban J connectivity index is 2.20. The maximum atomic E-state index is 12.7. The van der Waals surface area contributed by atoms with Gasteiger partial charge in [-0.25, -0.2) is 0 Å². The molecule has 5 heteroatoms. The van der Waals surface area contributed by atoms with Gasteiger partial charge in [0.15, 0.2) is 0 Å². The van der Waals surface area contributed by atoms with E-state index in [9.17, 15) is 9.59 Å². The minimum atomic E-state index is -0.263. The summed E-state index contributed by atoms with van der Waals surface area (Å²) in [7, 11) is 0. The van der Waals surface area contributed by atoms with Crippen LogP contribution in [0.4, 0.5) is 0 Å². The molecule has 2 fully saturated rings. The van der Waals surface area contributed by atoms with Gasteiger partial charge in [-0.15, -0.1) is 0 Å². The normalized spacial score (nSPS) is 28.2. The number of carbonyl (C=O) groups is 2. The predicted octanol–water partition coefficient (Wildman–Crippen LogP) is 1.84. The van der Waals surface area contributed by atoms with Crippen LogP contribution >= 0.6 is 11.8 Å². The van der Waals surface area contributed by atoms with E-state index in [1.54, 1.807) is 11.8 Å². The first-order valence-electron chi connectivity index (χ1n) is 7.57.